The average Bonchev–Trinajstić information content (AvgIpc) is 2.70. The molecule has 2 aromatic carbocycles. The standard InChI is InChI=1S/C20H24N.BrH/c1-16-20(2,3)18-13-7-8-14-19(18)21(16)15-9-12-17-10-5-4-6-11-17;/h4-8,10-11,13-14H,9,12,15H2,1-3H3;1H/q+1;/p-1. The second-order valence-corrected chi connectivity index (χ2v) is 6.47. The maximum Gasteiger partial charge on any atom is 0.209 e. The molecule has 22 heavy (non-hydrogen) atoms. The van der Waals surface area contributed by atoms with Gasteiger partial charge in [-0.05, 0) is 25.8 Å². The van der Waals surface area contributed by atoms with Crippen molar-refractivity contribution in [2.45, 2.75) is 39.0 Å². The molecule has 1 heterocycles. The highest BCUT2D eigenvalue weighted by atomic mass is 79.9. The second kappa shape index (κ2) is 6.78. The second-order valence-electron chi connectivity index (χ2n) is 6.47. The monoisotopic (exact) mass is 357 g/mol. The van der Waals surface area contributed by atoms with Crippen LogP contribution in [0.3, 0.4) is 0 Å². The number of para-hydroxylation sites is 1. The summed E-state index contributed by atoms with van der Waals surface area (Å²) < 4.78 is 2.51. The molecule has 0 saturated carbocycles. The van der Waals surface area contributed by atoms with Crippen LogP contribution in [-0.2, 0) is 11.8 Å². The van der Waals surface area contributed by atoms with E-state index < -0.39 is 0 Å². The molecule has 0 fully saturated rings. The van der Waals surface area contributed by atoms with E-state index in [1.165, 1.54) is 28.9 Å². The Labute approximate surface area is 144 Å². The molecule has 0 radical (unpaired) electrons. The van der Waals surface area contributed by atoms with Crippen molar-refractivity contribution < 1.29 is 21.6 Å². The number of fused-ring (bicyclic) bond motifs is 1. The van der Waals surface area contributed by atoms with E-state index >= 15 is 0 Å². The first-order valence-electron chi connectivity index (χ1n) is 7.86. The van der Waals surface area contributed by atoms with Gasteiger partial charge in [0.2, 0.25) is 5.69 Å². The lowest BCUT2D eigenvalue weighted by Gasteiger charge is -2.14. The predicted molar refractivity (Wildman–Crippen MR) is 89.7 cm³/mol. The molecule has 1 aliphatic rings. The first kappa shape index (κ1) is 17.0. The van der Waals surface area contributed by atoms with Crippen molar-refractivity contribution in [3.8, 4) is 0 Å². The molecule has 0 aromatic heterocycles. The Morgan fingerprint density at radius 2 is 1.55 bits per heavy atom. The third-order valence-corrected chi connectivity index (χ3v) is 4.87. The molecule has 0 bridgehead atoms. The Morgan fingerprint density at radius 1 is 0.909 bits per heavy atom. The topological polar surface area (TPSA) is 3.01 Å². The molecule has 2 heteroatoms. The molecule has 3 rings (SSSR count). The fourth-order valence-electron chi connectivity index (χ4n) is 3.32. The zero-order chi connectivity index (χ0) is 14.9. The highest BCUT2D eigenvalue weighted by Crippen LogP contribution is 2.39. The van der Waals surface area contributed by atoms with Gasteiger partial charge in [-0.2, -0.15) is 4.58 Å². The van der Waals surface area contributed by atoms with Gasteiger partial charge >= 0.3 is 0 Å². The normalized spacial score (nSPS) is 15.4. The molecular weight excluding hydrogens is 334 g/mol. The highest BCUT2D eigenvalue weighted by Gasteiger charge is 2.42. The van der Waals surface area contributed by atoms with Crippen LogP contribution >= 0.6 is 0 Å². The predicted octanol–water partition coefficient (Wildman–Crippen LogP) is 1.72. The van der Waals surface area contributed by atoms with Gasteiger partial charge < -0.3 is 17.0 Å². The third kappa shape index (κ3) is 3.03. The summed E-state index contributed by atoms with van der Waals surface area (Å²) >= 11 is 0. The van der Waals surface area contributed by atoms with Crippen LogP contribution in [0.5, 0.6) is 0 Å². The summed E-state index contributed by atoms with van der Waals surface area (Å²) in [6.07, 6.45) is 2.33. The van der Waals surface area contributed by atoms with Gasteiger partial charge in [0.15, 0.2) is 5.71 Å². The minimum absolute atomic E-state index is 0. The van der Waals surface area contributed by atoms with Crippen LogP contribution in [0.25, 0.3) is 0 Å². The highest BCUT2D eigenvalue weighted by molar-refractivity contribution is 5.93. The Balaban J connectivity index is 0.00000176. The first-order valence-corrected chi connectivity index (χ1v) is 7.86. The van der Waals surface area contributed by atoms with E-state index in [0.29, 0.717) is 0 Å². The van der Waals surface area contributed by atoms with E-state index in [-0.39, 0.29) is 22.4 Å². The van der Waals surface area contributed by atoms with Crippen LogP contribution in [0.4, 0.5) is 5.69 Å². The number of hydrogen-bond acceptors (Lipinski definition) is 0. The first-order chi connectivity index (χ1) is 10.1. The average molecular weight is 358 g/mol. The Morgan fingerprint density at radius 3 is 2.27 bits per heavy atom. The number of hydrogen-bond donors (Lipinski definition) is 0. The van der Waals surface area contributed by atoms with E-state index in [1.807, 2.05) is 0 Å². The fraction of sp³-hybridized carbons (Fsp3) is 0.350. The van der Waals surface area contributed by atoms with Crippen LogP contribution in [0.15, 0.2) is 54.6 Å². The number of aryl methyl sites for hydroxylation is 1. The molecule has 0 amide bonds. The maximum absolute atomic E-state index is 2.51. The van der Waals surface area contributed by atoms with Crippen molar-refractivity contribution in [3.63, 3.8) is 0 Å². The van der Waals surface area contributed by atoms with Crippen LogP contribution in [-0.4, -0.2) is 16.8 Å². The smallest absolute Gasteiger partial charge is 0.209 e. The molecule has 116 valence electrons. The molecule has 0 N–H and O–H groups in total. The SMILES string of the molecule is CC1=[N+](CCCc2ccccc2)c2ccccc2C1(C)C.[Br-]. The van der Waals surface area contributed by atoms with E-state index in [2.05, 4.69) is 79.9 Å². The fourth-order valence-corrected chi connectivity index (χ4v) is 3.32. The summed E-state index contributed by atoms with van der Waals surface area (Å²) in [7, 11) is 0. The maximum atomic E-state index is 2.51. The van der Waals surface area contributed by atoms with E-state index in [1.54, 1.807) is 0 Å². The zero-order valence-electron chi connectivity index (χ0n) is 13.6. The molecule has 0 unspecified atom stereocenters. The molecule has 0 saturated heterocycles. The quantitative estimate of drug-likeness (QED) is 0.733. The van der Waals surface area contributed by atoms with Crippen molar-refractivity contribution in [1.82, 2.24) is 0 Å². The molecule has 0 aliphatic carbocycles. The molecule has 1 aliphatic heterocycles. The van der Waals surface area contributed by atoms with E-state index in [4.69, 9.17) is 0 Å². The summed E-state index contributed by atoms with van der Waals surface area (Å²) in [6.45, 7) is 8.04. The van der Waals surface area contributed by atoms with E-state index in [0.717, 1.165) is 13.0 Å². The van der Waals surface area contributed by atoms with Gasteiger partial charge in [0.25, 0.3) is 0 Å². The van der Waals surface area contributed by atoms with Gasteiger partial charge in [-0.1, -0.05) is 48.5 Å². The van der Waals surface area contributed by atoms with Crippen molar-refractivity contribution in [3.05, 3.63) is 65.7 Å². The number of nitrogens with zero attached hydrogens (tertiary/aromatic N) is 1. The van der Waals surface area contributed by atoms with Crippen molar-refractivity contribution in [1.29, 1.82) is 0 Å². The largest absolute Gasteiger partial charge is 1.00 e. The molecule has 0 spiro atoms. The lowest BCUT2D eigenvalue weighted by Crippen LogP contribution is -3.00. The van der Waals surface area contributed by atoms with Crippen LogP contribution < -0.4 is 17.0 Å². The van der Waals surface area contributed by atoms with Gasteiger partial charge in [0, 0.05) is 25.0 Å². The number of rotatable bonds is 4. The number of halogens is 1. The lowest BCUT2D eigenvalue weighted by atomic mass is 9.82. The van der Waals surface area contributed by atoms with Crippen molar-refractivity contribution in [2.24, 2.45) is 0 Å². The number of benzene rings is 2. The Kier molecular flexibility index (Phi) is 5.23. The summed E-state index contributed by atoms with van der Waals surface area (Å²) in [5.41, 5.74) is 5.91. The van der Waals surface area contributed by atoms with Gasteiger partial charge in [-0.25, -0.2) is 0 Å². The molecular formula is C20H24BrN. The Hall–Kier alpha value is -1.41. The molecule has 2 aromatic rings. The van der Waals surface area contributed by atoms with Gasteiger partial charge in [0.1, 0.15) is 6.54 Å². The van der Waals surface area contributed by atoms with Gasteiger partial charge in [-0.15, -0.1) is 0 Å². The van der Waals surface area contributed by atoms with E-state index in [9.17, 15) is 0 Å². The molecule has 0 atom stereocenters. The van der Waals surface area contributed by atoms with Gasteiger partial charge in [-0.3, -0.25) is 0 Å². The summed E-state index contributed by atoms with van der Waals surface area (Å²) in [5.74, 6) is 0. The van der Waals surface area contributed by atoms with Gasteiger partial charge in [0.05, 0.1) is 5.41 Å². The minimum atomic E-state index is 0. The summed E-state index contributed by atoms with van der Waals surface area (Å²) in [6, 6.07) is 19.6. The summed E-state index contributed by atoms with van der Waals surface area (Å²) in [4.78, 5) is 0. The van der Waals surface area contributed by atoms with Crippen LogP contribution in [0.1, 0.15) is 38.3 Å². The summed E-state index contributed by atoms with van der Waals surface area (Å²) in [5, 5.41) is 0. The minimum Gasteiger partial charge on any atom is -1.00 e. The lowest BCUT2D eigenvalue weighted by molar-refractivity contribution is -0.439. The van der Waals surface area contributed by atoms with Crippen molar-refractivity contribution >= 4 is 11.4 Å². The van der Waals surface area contributed by atoms with Crippen LogP contribution in [0, 0.1) is 0 Å². The van der Waals surface area contributed by atoms with Crippen molar-refractivity contribution in [2.75, 3.05) is 6.54 Å². The third-order valence-electron chi connectivity index (χ3n) is 4.87. The van der Waals surface area contributed by atoms with Crippen LogP contribution in [0.2, 0.25) is 0 Å². The zero-order valence-corrected chi connectivity index (χ0v) is 15.2. The molecule has 1 nitrogen and oxygen atoms in total. The Bertz CT molecular complexity index is 671.